The summed E-state index contributed by atoms with van der Waals surface area (Å²) in [5.41, 5.74) is -1.21. The summed E-state index contributed by atoms with van der Waals surface area (Å²) in [7, 11) is -0.460. The minimum Gasteiger partial charge on any atom is -0.504 e. The Balaban J connectivity index is 3.26. The number of carboxylic acid groups (broad SMARTS) is 1. The third kappa shape index (κ3) is 1.96. The quantitative estimate of drug-likeness (QED) is 0.529. The largest absolute Gasteiger partial charge is 0.504 e. The van der Waals surface area contributed by atoms with Gasteiger partial charge in [-0.3, -0.25) is 4.79 Å². The average molecular weight is 214 g/mol. The van der Waals surface area contributed by atoms with Crippen molar-refractivity contribution in [1.29, 1.82) is 0 Å². The third-order valence-electron chi connectivity index (χ3n) is 1.57. The fourth-order valence-corrected chi connectivity index (χ4v) is 0.876. The van der Waals surface area contributed by atoms with Crippen LogP contribution in [-0.4, -0.2) is 39.2 Å². The van der Waals surface area contributed by atoms with Gasteiger partial charge >= 0.3 is 5.97 Å². The number of nitrogens with zero attached hydrogens (tertiary/aromatic N) is 1. The summed E-state index contributed by atoms with van der Waals surface area (Å²) in [6, 6.07) is 0.717. The van der Waals surface area contributed by atoms with Crippen LogP contribution in [0.4, 0.5) is 0 Å². The van der Waals surface area contributed by atoms with Crippen LogP contribution in [0.25, 0.3) is 0 Å². The number of aromatic hydroxyl groups is 2. The van der Waals surface area contributed by atoms with Crippen molar-refractivity contribution in [2.45, 2.75) is 0 Å². The van der Waals surface area contributed by atoms with Gasteiger partial charge in [-0.2, -0.15) is 0 Å². The van der Waals surface area contributed by atoms with Crippen molar-refractivity contribution in [3.63, 3.8) is 0 Å². The molecule has 0 aliphatic carbocycles. The van der Waals surface area contributed by atoms with Crippen LogP contribution in [0, 0.1) is 0 Å². The van der Waals surface area contributed by atoms with Crippen molar-refractivity contribution in [3.8, 4) is 11.5 Å². The number of rotatable bonds is 2. The van der Waals surface area contributed by atoms with Gasteiger partial charge in [-0.05, 0) is 0 Å². The molecule has 1 aromatic rings. The lowest BCUT2D eigenvalue weighted by atomic mass is 10.2. The van der Waals surface area contributed by atoms with Crippen molar-refractivity contribution < 1.29 is 26.3 Å². The molecule has 15 heavy (non-hydrogen) atoms. The molecule has 0 saturated heterocycles. The zero-order valence-corrected chi connectivity index (χ0v) is 7.39. The first-order chi connectivity index (χ1) is 7.47. The van der Waals surface area contributed by atoms with E-state index in [1.54, 1.807) is 0 Å². The summed E-state index contributed by atoms with van der Waals surface area (Å²) < 4.78 is 6.72. The fraction of sp³-hybridized carbons (Fsp3) is 0.125. The molecule has 0 aliphatic rings. The fourth-order valence-electron chi connectivity index (χ4n) is 0.876. The molecule has 1 aromatic heterocycles. The maximum absolute atomic E-state index is 11.2. The van der Waals surface area contributed by atoms with Crippen LogP contribution in [0.5, 0.6) is 11.5 Å². The van der Waals surface area contributed by atoms with Gasteiger partial charge in [0, 0.05) is 14.5 Å². The van der Waals surface area contributed by atoms with Gasteiger partial charge in [0.05, 0.1) is 0 Å². The van der Waals surface area contributed by atoms with Gasteiger partial charge in [-0.25, -0.2) is 9.78 Å². The van der Waals surface area contributed by atoms with Crippen LogP contribution in [0.2, 0.25) is 0 Å². The first kappa shape index (κ1) is 9.25. The van der Waals surface area contributed by atoms with E-state index in [-0.39, 0.29) is 0 Å². The Morgan fingerprint density at radius 2 is 2.20 bits per heavy atom. The summed E-state index contributed by atoms with van der Waals surface area (Å²) in [6.07, 6.45) is 0. The van der Waals surface area contributed by atoms with Crippen LogP contribution in [0.1, 0.15) is 22.3 Å². The minimum atomic E-state index is -1.45. The number of amides is 1. The maximum Gasteiger partial charge on any atom is 0.354 e. The van der Waals surface area contributed by atoms with E-state index in [1.807, 2.05) is 5.32 Å². The molecule has 0 spiro atoms. The number of carboxylic acids is 1. The lowest BCUT2D eigenvalue weighted by molar-refractivity contribution is 0.0689. The van der Waals surface area contributed by atoms with E-state index >= 15 is 0 Å². The highest BCUT2D eigenvalue weighted by Crippen LogP contribution is 2.27. The van der Waals surface area contributed by atoms with Gasteiger partial charge in [0.1, 0.15) is 0 Å². The normalized spacial score (nSPS) is 10.5. The van der Waals surface area contributed by atoms with E-state index in [4.69, 9.17) is 11.6 Å². The highest BCUT2D eigenvalue weighted by atomic mass is 16.4. The Hall–Kier alpha value is -2.31. The van der Waals surface area contributed by atoms with Crippen LogP contribution >= 0.6 is 0 Å². The van der Waals surface area contributed by atoms with Gasteiger partial charge in [-0.15, -0.1) is 0 Å². The lowest BCUT2D eigenvalue weighted by Gasteiger charge is -2.05. The molecule has 80 valence electrons. The number of hydrogen-bond donors (Lipinski definition) is 4. The molecule has 1 rings (SSSR count). The van der Waals surface area contributed by atoms with Crippen molar-refractivity contribution in [1.82, 2.24) is 10.3 Å². The molecule has 0 bridgehead atoms. The minimum absolute atomic E-state index is 0.460. The molecule has 4 N–H and O–H groups in total. The van der Waals surface area contributed by atoms with Crippen molar-refractivity contribution in [3.05, 3.63) is 17.5 Å². The highest BCUT2D eigenvalue weighted by Gasteiger charge is 2.19. The molecule has 7 heteroatoms. The maximum atomic E-state index is 11.2. The second kappa shape index (κ2) is 3.82. The van der Waals surface area contributed by atoms with E-state index in [1.165, 1.54) is 0 Å². The number of pyridine rings is 1. The van der Waals surface area contributed by atoms with Crippen LogP contribution in [0.3, 0.4) is 0 Å². The van der Waals surface area contributed by atoms with Gasteiger partial charge in [0.2, 0.25) is 0 Å². The Morgan fingerprint density at radius 1 is 1.53 bits per heavy atom. The first-order valence-electron chi connectivity index (χ1n) is 4.41. The molecule has 0 fully saturated rings. The second-order valence-corrected chi connectivity index (χ2v) is 2.53. The summed E-state index contributed by atoms with van der Waals surface area (Å²) in [5.74, 6) is -3.97. The predicted octanol–water partition coefficient (Wildman–Crippen LogP) is -0.449. The Bertz CT molecular complexity index is 448. The average Bonchev–Trinajstić information content (AvgIpc) is 2.21. The van der Waals surface area contributed by atoms with Crippen LogP contribution in [-0.2, 0) is 0 Å². The molecule has 0 saturated carbocycles. The molecule has 0 aromatic carbocycles. The van der Waals surface area contributed by atoms with E-state index in [9.17, 15) is 14.7 Å². The van der Waals surface area contributed by atoms with Gasteiger partial charge in [-0.1, -0.05) is 0 Å². The zero-order chi connectivity index (χ0) is 12.3. The number of hydrogen-bond acceptors (Lipinski definition) is 5. The standard InChI is InChI=1S/C8H8N2O5/c1-9-7(13)5-6(12)4(11)2-3(10-5)8(14)15/h2,12H,1H3,(H,9,13)(H,10,11)(H,14,15)/i1T. The molecule has 0 radical (unpaired) electrons. The Labute approximate surface area is 85.4 Å². The zero-order valence-electron chi connectivity index (χ0n) is 8.39. The molecule has 1 heterocycles. The molecule has 0 aliphatic heterocycles. The van der Waals surface area contributed by atoms with Crippen molar-refractivity contribution in [2.24, 2.45) is 0 Å². The topological polar surface area (TPSA) is 120 Å². The van der Waals surface area contributed by atoms with Crippen LogP contribution in [0.15, 0.2) is 6.07 Å². The first-order valence-corrected chi connectivity index (χ1v) is 3.71. The molecular weight excluding hydrogens is 204 g/mol. The van der Waals surface area contributed by atoms with Crippen molar-refractivity contribution in [2.75, 3.05) is 7.02 Å². The van der Waals surface area contributed by atoms with E-state index < -0.39 is 41.8 Å². The predicted molar refractivity (Wildman–Crippen MR) is 47.9 cm³/mol. The van der Waals surface area contributed by atoms with Gasteiger partial charge in [0.25, 0.3) is 5.91 Å². The number of carbonyl (C=O) groups is 2. The molecular formula is C8H8N2O5. The van der Waals surface area contributed by atoms with Gasteiger partial charge < -0.3 is 20.6 Å². The van der Waals surface area contributed by atoms with E-state index in [2.05, 4.69) is 4.98 Å². The molecule has 1 amide bonds. The summed E-state index contributed by atoms with van der Waals surface area (Å²) in [5, 5.41) is 29.0. The Kier molecular flexibility index (Phi) is 2.36. The second-order valence-electron chi connectivity index (χ2n) is 2.53. The SMILES string of the molecule is [3H]CNC(=O)c1nc(C(=O)O)cc(O)c1O. The molecule has 0 unspecified atom stereocenters. The number of carbonyl (C=O) groups excluding carboxylic acids is 1. The highest BCUT2D eigenvalue weighted by molar-refractivity contribution is 5.97. The van der Waals surface area contributed by atoms with E-state index in [0.29, 0.717) is 0 Å². The monoisotopic (exact) mass is 214 g/mol. The van der Waals surface area contributed by atoms with Crippen molar-refractivity contribution >= 4 is 11.9 Å². The summed E-state index contributed by atoms with van der Waals surface area (Å²) in [4.78, 5) is 25.2. The lowest BCUT2D eigenvalue weighted by Crippen LogP contribution is -2.20. The number of nitrogens with one attached hydrogen (secondary N) is 1. The third-order valence-corrected chi connectivity index (χ3v) is 1.57. The number of aromatic nitrogens is 1. The Morgan fingerprint density at radius 3 is 2.73 bits per heavy atom. The number of aromatic carboxylic acids is 1. The summed E-state index contributed by atoms with van der Waals surface area (Å²) in [6.45, 7) is 0. The smallest absolute Gasteiger partial charge is 0.354 e. The summed E-state index contributed by atoms with van der Waals surface area (Å²) >= 11 is 0. The van der Waals surface area contributed by atoms with Crippen LogP contribution < -0.4 is 5.32 Å². The van der Waals surface area contributed by atoms with E-state index in [0.717, 1.165) is 6.07 Å². The van der Waals surface area contributed by atoms with Gasteiger partial charge in [0.15, 0.2) is 22.9 Å². The molecule has 0 atom stereocenters. The molecule has 7 nitrogen and oxygen atoms in total.